The maximum absolute atomic E-state index is 11.9. The Labute approximate surface area is 117 Å². The van der Waals surface area contributed by atoms with Gasteiger partial charge in [0.05, 0.1) is 5.56 Å². The fraction of sp³-hybridized carbons (Fsp3) is 0.133. The van der Waals surface area contributed by atoms with E-state index in [9.17, 15) is 4.79 Å². The zero-order chi connectivity index (χ0) is 13.8. The third-order valence-electron chi connectivity index (χ3n) is 2.83. The second kappa shape index (κ2) is 5.76. The van der Waals surface area contributed by atoms with Crippen molar-refractivity contribution in [1.82, 2.24) is 0 Å². The number of carbonyl (C=O) groups is 1. The zero-order valence-corrected chi connectivity index (χ0v) is 11.3. The van der Waals surface area contributed by atoms with Crippen LogP contribution in [0.5, 0.6) is 0 Å². The van der Waals surface area contributed by atoms with Crippen LogP contribution in [0.2, 0.25) is 5.02 Å². The molecule has 0 atom stereocenters. The molecule has 0 aliphatic rings. The molecule has 2 aromatic carbocycles. The summed E-state index contributed by atoms with van der Waals surface area (Å²) in [4.78, 5) is 11.9. The molecule has 0 saturated carbocycles. The molecule has 0 amide bonds. The van der Waals surface area contributed by atoms with Gasteiger partial charge in [-0.15, -0.1) is 0 Å². The molecule has 0 radical (unpaired) electrons. The van der Waals surface area contributed by atoms with Gasteiger partial charge in [-0.1, -0.05) is 35.9 Å². The molecule has 0 aromatic heterocycles. The Kier molecular flexibility index (Phi) is 4.07. The molecular formula is C15H14ClNO2. The lowest BCUT2D eigenvalue weighted by Crippen LogP contribution is -2.09. The minimum absolute atomic E-state index is 0.198. The summed E-state index contributed by atoms with van der Waals surface area (Å²) in [6.07, 6.45) is 0. The van der Waals surface area contributed by atoms with Crippen LogP contribution in [0.3, 0.4) is 0 Å². The number of nitrogens with two attached hydrogens (primary N) is 1. The summed E-state index contributed by atoms with van der Waals surface area (Å²) in [6, 6.07) is 12.4. The summed E-state index contributed by atoms with van der Waals surface area (Å²) in [5.74, 6) is -0.420. The highest BCUT2D eigenvalue weighted by atomic mass is 35.5. The zero-order valence-electron chi connectivity index (χ0n) is 10.5. The second-order valence-corrected chi connectivity index (χ2v) is 4.68. The van der Waals surface area contributed by atoms with Crippen LogP contribution in [0.4, 0.5) is 5.69 Å². The predicted molar refractivity (Wildman–Crippen MR) is 76.2 cm³/mol. The van der Waals surface area contributed by atoms with Gasteiger partial charge in [-0.2, -0.15) is 0 Å². The quantitative estimate of drug-likeness (QED) is 0.688. The molecule has 0 saturated heterocycles. The molecule has 0 fully saturated rings. The van der Waals surface area contributed by atoms with E-state index in [4.69, 9.17) is 22.1 Å². The van der Waals surface area contributed by atoms with E-state index in [1.54, 1.807) is 24.3 Å². The molecule has 0 unspecified atom stereocenters. The number of halogens is 1. The van der Waals surface area contributed by atoms with Crippen LogP contribution < -0.4 is 5.73 Å². The van der Waals surface area contributed by atoms with Crippen LogP contribution in [0.25, 0.3) is 0 Å². The van der Waals surface area contributed by atoms with E-state index in [0.717, 1.165) is 11.1 Å². The SMILES string of the molecule is Cc1cccc(C(=O)OCc2ccc(Cl)cc2)c1N. The normalized spacial score (nSPS) is 10.2. The lowest BCUT2D eigenvalue weighted by molar-refractivity contribution is 0.0474. The van der Waals surface area contributed by atoms with E-state index >= 15 is 0 Å². The molecule has 2 N–H and O–H groups in total. The molecule has 0 heterocycles. The molecule has 3 nitrogen and oxygen atoms in total. The van der Waals surface area contributed by atoms with Crippen LogP contribution in [0.15, 0.2) is 42.5 Å². The third-order valence-corrected chi connectivity index (χ3v) is 3.08. The maximum Gasteiger partial charge on any atom is 0.340 e. The van der Waals surface area contributed by atoms with E-state index in [-0.39, 0.29) is 6.61 Å². The minimum atomic E-state index is -0.420. The maximum atomic E-state index is 11.9. The molecule has 2 rings (SSSR count). The number of carbonyl (C=O) groups excluding carboxylic acids is 1. The molecule has 4 heteroatoms. The van der Waals surface area contributed by atoms with Gasteiger partial charge in [0.25, 0.3) is 0 Å². The van der Waals surface area contributed by atoms with E-state index in [0.29, 0.717) is 16.3 Å². The van der Waals surface area contributed by atoms with Crippen molar-refractivity contribution in [1.29, 1.82) is 0 Å². The van der Waals surface area contributed by atoms with Gasteiger partial charge in [-0.05, 0) is 36.2 Å². The Morgan fingerprint density at radius 3 is 2.58 bits per heavy atom. The summed E-state index contributed by atoms with van der Waals surface area (Å²) < 4.78 is 5.23. The van der Waals surface area contributed by atoms with Crippen molar-refractivity contribution < 1.29 is 9.53 Å². The highest BCUT2D eigenvalue weighted by Gasteiger charge is 2.12. The molecule has 98 valence electrons. The highest BCUT2D eigenvalue weighted by Crippen LogP contribution is 2.18. The third kappa shape index (κ3) is 3.26. The monoisotopic (exact) mass is 275 g/mol. The fourth-order valence-electron chi connectivity index (χ4n) is 1.67. The molecule has 0 spiro atoms. The minimum Gasteiger partial charge on any atom is -0.457 e. The van der Waals surface area contributed by atoms with Crippen molar-refractivity contribution >= 4 is 23.3 Å². The number of para-hydroxylation sites is 1. The number of benzene rings is 2. The summed E-state index contributed by atoms with van der Waals surface area (Å²) >= 11 is 5.78. The number of hydrogen-bond donors (Lipinski definition) is 1. The molecule has 0 aliphatic carbocycles. The predicted octanol–water partition coefficient (Wildman–Crippen LogP) is 3.59. The lowest BCUT2D eigenvalue weighted by Gasteiger charge is -2.08. The first-order valence-electron chi connectivity index (χ1n) is 5.84. The van der Waals surface area contributed by atoms with Gasteiger partial charge < -0.3 is 10.5 Å². The highest BCUT2D eigenvalue weighted by molar-refractivity contribution is 6.30. The van der Waals surface area contributed by atoms with Crippen molar-refractivity contribution in [3.8, 4) is 0 Å². The van der Waals surface area contributed by atoms with Crippen LogP contribution in [-0.2, 0) is 11.3 Å². The Hall–Kier alpha value is -2.00. The summed E-state index contributed by atoms with van der Waals surface area (Å²) in [5, 5.41) is 0.651. The van der Waals surface area contributed by atoms with E-state index in [1.165, 1.54) is 0 Å². The smallest absolute Gasteiger partial charge is 0.340 e. The molecule has 0 bridgehead atoms. The van der Waals surface area contributed by atoms with E-state index < -0.39 is 5.97 Å². The van der Waals surface area contributed by atoms with Crippen LogP contribution in [0.1, 0.15) is 21.5 Å². The first-order valence-corrected chi connectivity index (χ1v) is 6.22. The Morgan fingerprint density at radius 1 is 1.21 bits per heavy atom. The van der Waals surface area contributed by atoms with Gasteiger partial charge >= 0.3 is 5.97 Å². The van der Waals surface area contributed by atoms with Gasteiger partial charge in [0.15, 0.2) is 0 Å². The van der Waals surface area contributed by atoms with Gasteiger partial charge in [0.1, 0.15) is 6.61 Å². The Morgan fingerprint density at radius 2 is 1.89 bits per heavy atom. The fourth-order valence-corrected chi connectivity index (χ4v) is 1.79. The van der Waals surface area contributed by atoms with Crippen molar-refractivity contribution in [2.75, 3.05) is 5.73 Å². The van der Waals surface area contributed by atoms with Gasteiger partial charge in [-0.3, -0.25) is 0 Å². The summed E-state index contributed by atoms with van der Waals surface area (Å²) in [5.41, 5.74) is 8.45. The Balaban J connectivity index is 2.05. The van der Waals surface area contributed by atoms with Crippen molar-refractivity contribution in [3.63, 3.8) is 0 Å². The van der Waals surface area contributed by atoms with Crippen LogP contribution in [-0.4, -0.2) is 5.97 Å². The van der Waals surface area contributed by atoms with E-state index in [2.05, 4.69) is 0 Å². The number of esters is 1. The largest absolute Gasteiger partial charge is 0.457 e. The van der Waals surface area contributed by atoms with Crippen LogP contribution >= 0.6 is 11.6 Å². The number of hydrogen-bond acceptors (Lipinski definition) is 3. The van der Waals surface area contributed by atoms with E-state index in [1.807, 2.05) is 25.1 Å². The Bertz CT molecular complexity index is 594. The molecule has 19 heavy (non-hydrogen) atoms. The lowest BCUT2D eigenvalue weighted by atomic mass is 10.1. The van der Waals surface area contributed by atoms with Crippen molar-refractivity contribution in [3.05, 3.63) is 64.2 Å². The second-order valence-electron chi connectivity index (χ2n) is 4.24. The summed E-state index contributed by atoms with van der Waals surface area (Å²) in [7, 11) is 0. The number of ether oxygens (including phenoxy) is 1. The first-order chi connectivity index (χ1) is 9.08. The average Bonchev–Trinajstić information content (AvgIpc) is 2.41. The van der Waals surface area contributed by atoms with Crippen molar-refractivity contribution in [2.45, 2.75) is 13.5 Å². The number of aryl methyl sites for hydroxylation is 1. The van der Waals surface area contributed by atoms with Crippen LogP contribution in [0, 0.1) is 6.92 Å². The van der Waals surface area contributed by atoms with Crippen molar-refractivity contribution in [2.24, 2.45) is 0 Å². The average molecular weight is 276 g/mol. The van der Waals surface area contributed by atoms with Gasteiger partial charge in [-0.25, -0.2) is 4.79 Å². The number of anilines is 1. The topological polar surface area (TPSA) is 52.3 Å². The van der Waals surface area contributed by atoms with Gasteiger partial charge in [0.2, 0.25) is 0 Å². The standard InChI is InChI=1S/C15H14ClNO2/c1-10-3-2-4-13(14(10)17)15(18)19-9-11-5-7-12(16)8-6-11/h2-8H,9,17H2,1H3. The molecular weight excluding hydrogens is 262 g/mol. The van der Waals surface area contributed by atoms with Gasteiger partial charge in [0, 0.05) is 10.7 Å². The number of nitrogen functional groups attached to an aromatic ring is 1. The first kappa shape index (κ1) is 13.4. The molecule has 0 aliphatic heterocycles. The molecule has 2 aromatic rings. The number of rotatable bonds is 3. The summed E-state index contributed by atoms with van der Waals surface area (Å²) in [6.45, 7) is 2.05.